The van der Waals surface area contributed by atoms with Crippen LogP contribution in [0.15, 0.2) is 47.9 Å². The average molecular weight is 599 g/mol. The van der Waals surface area contributed by atoms with Crippen LogP contribution in [0.5, 0.6) is 0 Å². The summed E-state index contributed by atoms with van der Waals surface area (Å²) in [5, 5.41) is 3.54. The predicted octanol–water partition coefficient (Wildman–Crippen LogP) is 6.73. The van der Waals surface area contributed by atoms with Crippen molar-refractivity contribution in [2.24, 2.45) is 0 Å². The molecule has 0 saturated heterocycles. The number of urea groups is 1. The fourth-order valence-electron chi connectivity index (χ4n) is 5.68. The van der Waals surface area contributed by atoms with Gasteiger partial charge in [0.1, 0.15) is 6.33 Å². The molecule has 0 bridgehead atoms. The third-order valence-corrected chi connectivity index (χ3v) is 9.76. The highest BCUT2D eigenvalue weighted by Gasteiger charge is 2.25. The molecule has 1 aromatic carbocycles. The maximum Gasteiger partial charge on any atom is 0.319 e. The number of amides is 3. The van der Waals surface area contributed by atoms with Gasteiger partial charge in [-0.25, -0.2) is 19.7 Å². The van der Waals surface area contributed by atoms with E-state index in [0.29, 0.717) is 24.0 Å². The number of hydrogen-bond acceptors (Lipinski definition) is 6. The van der Waals surface area contributed by atoms with Crippen molar-refractivity contribution in [3.8, 4) is 11.3 Å². The lowest BCUT2D eigenvalue weighted by Crippen LogP contribution is -2.41. The van der Waals surface area contributed by atoms with Gasteiger partial charge in [0.2, 0.25) is 0 Å². The fourth-order valence-corrected chi connectivity index (χ4v) is 6.57. The highest BCUT2D eigenvalue weighted by Crippen LogP contribution is 2.39. The molecule has 1 unspecified atom stereocenters. The molecule has 1 aliphatic carbocycles. The molecule has 1 N–H and O–H groups in total. The summed E-state index contributed by atoms with van der Waals surface area (Å²) in [6, 6.07) is 6.39. The molecule has 2 aliphatic rings. The van der Waals surface area contributed by atoms with Gasteiger partial charge in [-0.2, -0.15) is 0 Å². The predicted molar refractivity (Wildman–Crippen MR) is 173 cm³/mol. The van der Waals surface area contributed by atoms with Crippen LogP contribution in [0.3, 0.4) is 0 Å². The lowest BCUT2D eigenvalue weighted by molar-refractivity contribution is 0.0950. The topological polar surface area (TPSA) is 91.3 Å². The normalized spacial score (nSPS) is 17.0. The highest BCUT2D eigenvalue weighted by atomic mass is 32.1. The minimum absolute atomic E-state index is 0.0286. The quantitative estimate of drug-likeness (QED) is 0.352. The first kappa shape index (κ1) is 30.6. The minimum Gasteiger partial charge on any atom is -0.346 e. The van der Waals surface area contributed by atoms with E-state index in [1.165, 1.54) is 28.0 Å². The average Bonchev–Trinajstić information content (AvgIpc) is 3.43. The van der Waals surface area contributed by atoms with Crippen molar-refractivity contribution in [2.75, 3.05) is 27.2 Å². The minimum atomic E-state index is -0.147. The second-order valence-corrected chi connectivity index (χ2v) is 13.9. The van der Waals surface area contributed by atoms with Gasteiger partial charge in [-0.15, -0.1) is 11.3 Å². The van der Waals surface area contributed by atoms with Crippen LogP contribution in [-0.2, 0) is 12.0 Å². The molecule has 9 heteroatoms. The van der Waals surface area contributed by atoms with Crippen molar-refractivity contribution < 1.29 is 9.59 Å². The number of fused-ring (bicyclic) bond motifs is 1. The number of aromatic nitrogens is 3. The molecule has 5 rings (SSSR count). The first-order chi connectivity index (χ1) is 20.4. The maximum atomic E-state index is 12.8. The largest absolute Gasteiger partial charge is 0.346 e. The lowest BCUT2D eigenvalue weighted by atomic mass is 9.90. The summed E-state index contributed by atoms with van der Waals surface area (Å²) >= 11 is 1.45. The van der Waals surface area contributed by atoms with E-state index in [2.05, 4.69) is 75.3 Å². The van der Waals surface area contributed by atoms with Gasteiger partial charge in [-0.3, -0.25) is 4.79 Å². The van der Waals surface area contributed by atoms with Crippen LogP contribution in [0.25, 0.3) is 17.3 Å². The Morgan fingerprint density at radius 1 is 1.12 bits per heavy atom. The van der Waals surface area contributed by atoms with Crippen LogP contribution in [0.2, 0.25) is 0 Å². The van der Waals surface area contributed by atoms with Crippen LogP contribution >= 0.6 is 11.3 Å². The van der Waals surface area contributed by atoms with Crippen LogP contribution < -0.4 is 5.32 Å². The number of carbonyl (C=O) groups excluding carboxylic acids is 2. The van der Waals surface area contributed by atoms with Crippen molar-refractivity contribution >= 4 is 29.4 Å². The van der Waals surface area contributed by atoms with Crippen LogP contribution in [-0.4, -0.2) is 63.9 Å². The molecule has 0 radical (unpaired) electrons. The molecule has 1 aliphatic heterocycles. The number of aryl methyl sites for hydroxylation is 1. The molecule has 0 fully saturated rings. The molecule has 43 heavy (non-hydrogen) atoms. The molecule has 0 spiro atoms. The number of hydrogen-bond donors (Lipinski definition) is 1. The second kappa shape index (κ2) is 12.4. The molecule has 3 amide bonds. The summed E-state index contributed by atoms with van der Waals surface area (Å²) in [7, 11) is 3.59. The Labute approximate surface area is 259 Å². The van der Waals surface area contributed by atoms with E-state index in [-0.39, 0.29) is 17.4 Å². The summed E-state index contributed by atoms with van der Waals surface area (Å²) in [6.45, 7) is 12.5. The Balaban J connectivity index is 1.34. The number of carbonyl (C=O) groups is 2. The van der Waals surface area contributed by atoms with Crippen molar-refractivity contribution in [3.63, 3.8) is 0 Å². The van der Waals surface area contributed by atoms with E-state index in [1.807, 2.05) is 4.90 Å². The Bertz CT molecular complexity index is 1600. The standard InChI is InChI=1S/C34H42N6O2S/c1-21-8-9-24(23-12-14-40(15-13-23)33(42)39(6)7)17-27-29(21)30(38-20-37-27)25-10-11-26(22(2)16-25)18-35-31(41)32-36-19-28(43-32)34(3,4)5/h10-12,16-17,19-21H,8-9,13-15,18H2,1-7H3,(H,35,41). The summed E-state index contributed by atoms with van der Waals surface area (Å²) in [4.78, 5) is 43.6. The first-order valence-corrected chi connectivity index (χ1v) is 15.8. The van der Waals surface area contributed by atoms with E-state index < -0.39 is 0 Å². The van der Waals surface area contributed by atoms with Gasteiger partial charge in [0.15, 0.2) is 5.01 Å². The summed E-state index contributed by atoms with van der Waals surface area (Å²) < 4.78 is 0. The molecule has 3 aromatic rings. The lowest BCUT2D eigenvalue weighted by Gasteiger charge is -2.29. The van der Waals surface area contributed by atoms with Gasteiger partial charge in [0.05, 0.1) is 11.4 Å². The van der Waals surface area contributed by atoms with E-state index in [4.69, 9.17) is 9.97 Å². The van der Waals surface area contributed by atoms with Gasteiger partial charge in [0.25, 0.3) is 5.91 Å². The smallest absolute Gasteiger partial charge is 0.319 e. The third kappa shape index (κ3) is 6.72. The number of rotatable bonds is 5. The zero-order valence-corrected chi connectivity index (χ0v) is 27.1. The molecule has 226 valence electrons. The third-order valence-electron chi connectivity index (χ3n) is 8.33. The van der Waals surface area contributed by atoms with E-state index in [9.17, 15) is 9.59 Å². The number of allylic oxidation sites excluding steroid dienone is 1. The van der Waals surface area contributed by atoms with Crippen LogP contribution in [0.4, 0.5) is 4.79 Å². The van der Waals surface area contributed by atoms with Crippen molar-refractivity contribution in [1.29, 1.82) is 0 Å². The second-order valence-electron chi connectivity index (χ2n) is 12.8. The molecular formula is C34H42N6O2S. The van der Waals surface area contributed by atoms with Gasteiger partial charge >= 0.3 is 6.03 Å². The number of benzene rings is 1. The Kier molecular flexibility index (Phi) is 8.83. The number of nitrogens with zero attached hydrogens (tertiary/aromatic N) is 5. The molecular weight excluding hydrogens is 556 g/mol. The van der Waals surface area contributed by atoms with Crippen molar-refractivity contribution in [2.45, 2.75) is 71.8 Å². The van der Waals surface area contributed by atoms with Crippen molar-refractivity contribution in [1.82, 2.24) is 30.1 Å². The Hall–Kier alpha value is -3.85. The van der Waals surface area contributed by atoms with Gasteiger partial charge in [0, 0.05) is 55.9 Å². The van der Waals surface area contributed by atoms with Gasteiger partial charge < -0.3 is 15.1 Å². The summed E-state index contributed by atoms with van der Waals surface area (Å²) in [6.07, 6.45) is 10.7. The molecule has 0 saturated carbocycles. The molecule has 2 aromatic heterocycles. The van der Waals surface area contributed by atoms with Crippen molar-refractivity contribution in [3.05, 3.63) is 80.2 Å². The summed E-state index contributed by atoms with van der Waals surface area (Å²) in [5.74, 6) is 0.151. The van der Waals surface area contributed by atoms with Crippen LogP contribution in [0.1, 0.15) is 89.9 Å². The van der Waals surface area contributed by atoms with E-state index in [1.54, 1.807) is 31.5 Å². The number of nitrogens with one attached hydrogen (secondary N) is 1. The monoisotopic (exact) mass is 598 g/mol. The van der Waals surface area contributed by atoms with E-state index in [0.717, 1.165) is 58.8 Å². The fraction of sp³-hybridized carbons (Fsp3) is 0.441. The van der Waals surface area contributed by atoms with Gasteiger partial charge in [-0.05, 0) is 71.9 Å². The Morgan fingerprint density at radius 3 is 2.56 bits per heavy atom. The molecule has 8 nitrogen and oxygen atoms in total. The SMILES string of the molecule is Cc1cc(-c2ncnc3c2C(C)CCC(C2=CCN(C(=O)N(C)C)CC2)=C3)ccc1CNC(=O)c1ncc(C(C)(C)C)s1. The first-order valence-electron chi connectivity index (χ1n) is 15.0. The Morgan fingerprint density at radius 2 is 1.91 bits per heavy atom. The molecule has 3 heterocycles. The van der Waals surface area contributed by atoms with Crippen LogP contribution in [0, 0.1) is 6.92 Å². The zero-order valence-electron chi connectivity index (χ0n) is 26.3. The van der Waals surface area contributed by atoms with E-state index >= 15 is 0 Å². The zero-order chi connectivity index (χ0) is 30.9. The highest BCUT2D eigenvalue weighted by molar-refractivity contribution is 7.13. The maximum absolute atomic E-state index is 12.8. The number of thiazole rings is 1. The molecule has 1 atom stereocenters. The summed E-state index contributed by atoms with van der Waals surface area (Å²) in [5.41, 5.74) is 8.93. The van der Waals surface area contributed by atoms with Gasteiger partial charge in [-0.1, -0.05) is 45.9 Å².